The molecule has 0 spiro atoms. The molecule has 4 fully saturated rings. The van der Waals surface area contributed by atoms with Crippen molar-refractivity contribution in [3.63, 3.8) is 0 Å². The first-order valence-corrected chi connectivity index (χ1v) is 17.4. The number of phenolic OH excluding ortho intramolecular Hbond substituents is 1. The molecule has 3 saturated heterocycles. The number of methoxy groups -OCH3 is 1. The number of fused-ring (bicyclic) bond motifs is 4. The van der Waals surface area contributed by atoms with E-state index in [9.17, 15) is 24.3 Å². The Morgan fingerprint density at radius 1 is 0.957 bits per heavy atom. The number of hydrogen-bond donors (Lipinski definition) is 1. The van der Waals surface area contributed by atoms with E-state index in [1.54, 1.807) is 18.2 Å². The Balaban J connectivity index is 1.23. The topological polar surface area (TPSA) is 107 Å². The van der Waals surface area contributed by atoms with Crippen molar-refractivity contribution in [1.29, 1.82) is 0 Å². The molecular formula is C34H34BrCl2N3O6. The van der Waals surface area contributed by atoms with E-state index < -0.39 is 45.2 Å². The molecule has 7 rings (SSSR count). The van der Waals surface area contributed by atoms with E-state index in [2.05, 4.69) is 33.0 Å². The molecule has 3 heterocycles. The number of nitrogens with zero attached hydrogens (tertiary/aromatic N) is 3. The first-order valence-electron chi connectivity index (χ1n) is 15.6. The van der Waals surface area contributed by atoms with Crippen molar-refractivity contribution in [3.05, 3.63) is 71.3 Å². The van der Waals surface area contributed by atoms with E-state index in [1.165, 1.54) is 17.6 Å². The third-order valence-electron chi connectivity index (χ3n) is 10.8. The Morgan fingerprint density at radius 2 is 1.67 bits per heavy atom. The van der Waals surface area contributed by atoms with Crippen molar-refractivity contribution < 1.29 is 29.0 Å². The van der Waals surface area contributed by atoms with Gasteiger partial charge in [-0.15, -0.1) is 23.2 Å². The number of allylic oxidation sites excluding steroid dienone is 2. The number of likely N-dealkylation sites (tertiary alicyclic amines) is 3. The van der Waals surface area contributed by atoms with Crippen LogP contribution >= 0.6 is 39.1 Å². The Labute approximate surface area is 285 Å². The van der Waals surface area contributed by atoms with Crippen LogP contribution in [0.3, 0.4) is 0 Å². The summed E-state index contributed by atoms with van der Waals surface area (Å²) in [7, 11) is 1.41. The zero-order valence-corrected chi connectivity index (χ0v) is 28.3. The van der Waals surface area contributed by atoms with E-state index in [1.807, 2.05) is 24.3 Å². The lowest BCUT2D eigenvalue weighted by Gasteiger charge is -2.50. The molecule has 2 aromatic carbocycles. The maximum absolute atomic E-state index is 14.4. The number of amides is 4. The lowest BCUT2D eigenvalue weighted by molar-refractivity contribution is -0.144. The Hall–Kier alpha value is -2.92. The molecule has 1 N–H and O–H groups in total. The summed E-state index contributed by atoms with van der Waals surface area (Å²) in [5.41, 5.74) is 2.01. The number of imide groups is 2. The number of alkyl halides is 3. The van der Waals surface area contributed by atoms with Crippen LogP contribution in [0.4, 0.5) is 0 Å². The molecule has 9 nitrogen and oxygen atoms in total. The van der Waals surface area contributed by atoms with Crippen molar-refractivity contribution in [1.82, 2.24) is 14.7 Å². The minimum Gasteiger partial charge on any atom is -0.504 e. The summed E-state index contributed by atoms with van der Waals surface area (Å²) < 4.78 is 5.37. The average Bonchev–Trinajstić information content (AvgIpc) is 3.40. The van der Waals surface area contributed by atoms with Gasteiger partial charge in [0.1, 0.15) is 0 Å². The molecule has 3 aliphatic heterocycles. The van der Waals surface area contributed by atoms with Crippen molar-refractivity contribution in [2.75, 3.05) is 25.7 Å². The summed E-state index contributed by atoms with van der Waals surface area (Å²) in [6.07, 6.45) is 3.40. The first-order chi connectivity index (χ1) is 22.1. The molecule has 2 aromatic rings. The summed E-state index contributed by atoms with van der Waals surface area (Å²) >= 11 is 17.8. The van der Waals surface area contributed by atoms with Gasteiger partial charge < -0.3 is 9.84 Å². The van der Waals surface area contributed by atoms with E-state index in [0.717, 1.165) is 24.5 Å². The second-order valence-electron chi connectivity index (χ2n) is 12.9. The van der Waals surface area contributed by atoms with Crippen LogP contribution in [-0.4, -0.2) is 84.9 Å². The highest BCUT2D eigenvalue weighted by atomic mass is 79.9. The van der Waals surface area contributed by atoms with Crippen molar-refractivity contribution >= 4 is 62.8 Å². The number of rotatable bonds is 6. The summed E-state index contributed by atoms with van der Waals surface area (Å²) in [5.74, 6) is -4.95. The molecule has 6 atom stereocenters. The minimum atomic E-state index is -1.99. The van der Waals surface area contributed by atoms with Gasteiger partial charge in [-0.05, 0) is 43.2 Å². The number of phenols is 1. The van der Waals surface area contributed by atoms with Crippen LogP contribution in [0.15, 0.2) is 60.2 Å². The van der Waals surface area contributed by atoms with Gasteiger partial charge in [-0.25, -0.2) is 0 Å². The Kier molecular flexibility index (Phi) is 8.02. The SMILES string of the molecule is COc1cccc(C2C3=CCC4C(=O)N(C5CCN(Cc6ccccc6)CC5)C(=O)C4C3CC3(Cl)C(=O)N(CBr)C(=O)C23Cl)c1O. The number of piperidine rings is 1. The molecule has 12 heteroatoms. The molecular weight excluding hydrogens is 697 g/mol. The minimum absolute atomic E-state index is 0.0945. The molecule has 0 aromatic heterocycles. The molecule has 0 bridgehead atoms. The number of halogens is 3. The molecule has 5 aliphatic rings. The number of aromatic hydroxyl groups is 1. The standard InChI is InChI=1S/C34H34BrCl2N3O6/c1-46-25-9-5-8-23(28(25)41)27-21-10-11-22-26(24(21)16-33(36)31(44)39(18-35)32(45)34(27,33)37)30(43)40(29(22)42)20-12-14-38(15-13-20)17-19-6-3-2-4-7-19/h2-10,20,22,24,26-27,41H,11-18H2,1H3. The van der Waals surface area contributed by atoms with Gasteiger partial charge in [0.2, 0.25) is 11.8 Å². The van der Waals surface area contributed by atoms with E-state index in [0.29, 0.717) is 18.4 Å². The smallest absolute Gasteiger partial charge is 0.254 e. The lowest BCUT2D eigenvalue weighted by atomic mass is 9.56. The largest absolute Gasteiger partial charge is 0.504 e. The summed E-state index contributed by atoms with van der Waals surface area (Å²) in [4.78, 5) is 57.1. The van der Waals surface area contributed by atoms with E-state index in [-0.39, 0.29) is 53.2 Å². The third-order valence-corrected chi connectivity index (χ3v) is 12.7. The third kappa shape index (κ3) is 4.43. The second kappa shape index (κ2) is 11.6. The van der Waals surface area contributed by atoms with Gasteiger partial charge in [0.05, 0.1) is 24.4 Å². The Bertz CT molecular complexity index is 1650. The van der Waals surface area contributed by atoms with Crippen LogP contribution in [0.1, 0.15) is 42.7 Å². The predicted molar refractivity (Wildman–Crippen MR) is 175 cm³/mol. The fraction of sp³-hybridized carbons (Fsp3) is 0.471. The molecule has 4 amide bonds. The highest BCUT2D eigenvalue weighted by molar-refractivity contribution is 9.09. The fourth-order valence-electron chi connectivity index (χ4n) is 8.60. The molecule has 2 aliphatic carbocycles. The molecule has 242 valence electrons. The van der Waals surface area contributed by atoms with Crippen LogP contribution in [0.5, 0.6) is 11.5 Å². The number of carbonyl (C=O) groups excluding carboxylic acids is 4. The maximum Gasteiger partial charge on any atom is 0.254 e. The monoisotopic (exact) mass is 729 g/mol. The van der Waals surface area contributed by atoms with Crippen molar-refractivity contribution in [2.45, 2.75) is 53.9 Å². The van der Waals surface area contributed by atoms with Gasteiger partial charge >= 0.3 is 0 Å². The van der Waals surface area contributed by atoms with Crippen LogP contribution < -0.4 is 4.74 Å². The highest BCUT2D eigenvalue weighted by Crippen LogP contribution is 2.66. The van der Waals surface area contributed by atoms with E-state index >= 15 is 0 Å². The highest BCUT2D eigenvalue weighted by Gasteiger charge is 2.76. The average molecular weight is 731 g/mol. The normalized spacial score (nSPS) is 33.2. The number of ether oxygens (including phenoxy) is 1. The summed E-state index contributed by atoms with van der Waals surface area (Å²) in [6, 6.07) is 14.9. The van der Waals surface area contributed by atoms with Gasteiger partial charge in [-0.3, -0.25) is 33.9 Å². The van der Waals surface area contributed by atoms with Gasteiger partial charge in [-0.1, -0.05) is 70.0 Å². The van der Waals surface area contributed by atoms with Gasteiger partial charge in [0.25, 0.3) is 11.8 Å². The lowest BCUT2D eigenvalue weighted by Crippen LogP contribution is -2.60. The maximum atomic E-state index is 14.4. The van der Waals surface area contributed by atoms with Gasteiger partial charge in [0.15, 0.2) is 21.2 Å². The van der Waals surface area contributed by atoms with Crippen LogP contribution in [0, 0.1) is 17.8 Å². The quantitative estimate of drug-likeness (QED) is 0.198. The molecule has 0 radical (unpaired) electrons. The van der Waals surface area contributed by atoms with Crippen LogP contribution in [0.25, 0.3) is 0 Å². The predicted octanol–water partition coefficient (Wildman–Crippen LogP) is 4.78. The molecule has 1 saturated carbocycles. The molecule has 46 heavy (non-hydrogen) atoms. The first kappa shape index (κ1) is 31.7. The molecule has 6 unspecified atom stereocenters. The van der Waals surface area contributed by atoms with Crippen LogP contribution in [-0.2, 0) is 25.7 Å². The number of para-hydroxylation sites is 1. The zero-order chi connectivity index (χ0) is 32.5. The number of carbonyl (C=O) groups is 4. The van der Waals surface area contributed by atoms with Gasteiger partial charge in [-0.2, -0.15) is 0 Å². The summed E-state index contributed by atoms with van der Waals surface area (Å²) in [6.45, 7) is 2.33. The second-order valence-corrected chi connectivity index (χ2v) is 14.7. The Morgan fingerprint density at radius 3 is 2.35 bits per heavy atom. The van der Waals surface area contributed by atoms with Crippen LogP contribution in [0.2, 0.25) is 0 Å². The number of benzene rings is 2. The van der Waals surface area contributed by atoms with E-state index in [4.69, 9.17) is 27.9 Å². The zero-order valence-electron chi connectivity index (χ0n) is 25.2. The summed E-state index contributed by atoms with van der Waals surface area (Å²) in [5, 5.41) is 11.3. The van der Waals surface area contributed by atoms with Crippen molar-refractivity contribution in [2.24, 2.45) is 17.8 Å². The van der Waals surface area contributed by atoms with Crippen molar-refractivity contribution in [3.8, 4) is 11.5 Å². The number of hydrogen-bond acceptors (Lipinski definition) is 7. The fourth-order valence-corrected chi connectivity index (χ4v) is 10.0. The van der Waals surface area contributed by atoms with Gasteiger partial charge in [0, 0.05) is 37.2 Å².